The van der Waals surface area contributed by atoms with Gasteiger partial charge in [-0.05, 0) is 41.5 Å². The van der Waals surface area contributed by atoms with Crippen molar-refractivity contribution in [3.05, 3.63) is 70.5 Å². The summed E-state index contributed by atoms with van der Waals surface area (Å²) in [7, 11) is 0. The number of carbonyl (C=O) groups excluding carboxylic acids is 1. The van der Waals surface area contributed by atoms with E-state index in [1.54, 1.807) is 6.08 Å². The van der Waals surface area contributed by atoms with Gasteiger partial charge in [0.15, 0.2) is 0 Å². The summed E-state index contributed by atoms with van der Waals surface area (Å²) in [5.41, 5.74) is -0.0489. The normalized spacial score (nSPS) is 11.8. The van der Waals surface area contributed by atoms with Gasteiger partial charge in [-0.25, -0.2) is 4.39 Å². The average Bonchev–Trinajstić information content (AvgIpc) is 2.45. The molecule has 21 heavy (non-hydrogen) atoms. The topological polar surface area (TPSA) is 17.1 Å². The van der Waals surface area contributed by atoms with Crippen LogP contribution in [0.4, 0.5) is 17.6 Å². The second kappa shape index (κ2) is 5.91. The fraction of sp³-hybridized carbons (Fsp3) is 0.0625. The molecule has 0 aliphatic heterocycles. The van der Waals surface area contributed by atoms with E-state index in [0.29, 0.717) is 11.8 Å². The second-order valence-electron chi connectivity index (χ2n) is 4.39. The van der Waals surface area contributed by atoms with E-state index in [1.807, 2.05) is 0 Å². The van der Waals surface area contributed by atoms with Crippen molar-refractivity contribution in [2.45, 2.75) is 6.18 Å². The highest BCUT2D eigenvalue weighted by Gasteiger charge is 2.30. The average molecular weight is 294 g/mol. The first kappa shape index (κ1) is 15.0. The largest absolute Gasteiger partial charge is 0.416 e. The fourth-order valence-corrected chi connectivity index (χ4v) is 1.77. The third-order valence-corrected chi connectivity index (χ3v) is 2.78. The first-order valence-corrected chi connectivity index (χ1v) is 5.99. The van der Waals surface area contributed by atoms with Crippen LogP contribution in [0.2, 0.25) is 0 Å². The van der Waals surface area contributed by atoms with Crippen LogP contribution >= 0.6 is 0 Å². The Labute approximate surface area is 118 Å². The monoisotopic (exact) mass is 294 g/mol. The van der Waals surface area contributed by atoms with E-state index in [-0.39, 0.29) is 11.1 Å². The lowest BCUT2D eigenvalue weighted by Gasteiger charge is -2.08. The Morgan fingerprint density at radius 2 is 1.38 bits per heavy atom. The van der Waals surface area contributed by atoms with Gasteiger partial charge < -0.3 is 0 Å². The Morgan fingerprint density at radius 3 is 1.95 bits per heavy atom. The molecule has 0 heterocycles. The third kappa shape index (κ3) is 4.02. The molecule has 0 bridgehead atoms. The van der Waals surface area contributed by atoms with Crippen molar-refractivity contribution in [3.63, 3.8) is 0 Å². The Bertz CT molecular complexity index is 670. The lowest BCUT2D eigenvalue weighted by Crippen LogP contribution is -2.06. The molecule has 2 rings (SSSR count). The van der Waals surface area contributed by atoms with Crippen molar-refractivity contribution < 1.29 is 22.4 Å². The van der Waals surface area contributed by atoms with Crippen LogP contribution in [-0.2, 0) is 6.18 Å². The number of carbonyl (C=O) groups is 1. The maximum absolute atomic E-state index is 12.7. The summed E-state index contributed by atoms with van der Waals surface area (Å²) in [6.07, 6.45) is -1.17. The van der Waals surface area contributed by atoms with Crippen LogP contribution in [0.15, 0.2) is 42.5 Å². The summed E-state index contributed by atoms with van der Waals surface area (Å²) < 4.78 is 50.9. The van der Waals surface area contributed by atoms with E-state index >= 15 is 0 Å². The second-order valence-corrected chi connectivity index (χ2v) is 4.39. The van der Waals surface area contributed by atoms with Crippen LogP contribution < -0.4 is 0 Å². The summed E-state index contributed by atoms with van der Waals surface area (Å²) in [5, 5.41) is 0. The van der Waals surface area contributed by atoms with E-state index < -0.39 is 17.6 Å². The quantitative estimate of drug-likeness (QED) is 0.450. The molecular formula is C16H10F4O. The number of benzene rings is 2. The maximum atomic E-state index is 12.7. The molecule has 5 heteroatoms. The zero-order valence-corrected chi connectivity index (χ0v) is 10.7. The summed E-state index contributed by atoms with van der Waals surface area (Å²) in [4.78, 5) is 10.7. The zero-order valence-electron chi connectivity index (χ0n) is 10.7. The number of aldehydes is 1. The van der Waals surface area contributed by atoms with Gasteiger partial charge in [-0.15, -0.1) is 0 Å². The van der Waals surface area contributed by atoms with E-state index in [2.05, 4.69) is 0 Å². The molecule has 0 saturated heterocycles. The predicted octanol–water partition coefficient (Wildman–Crippen LogP) is 4.83. The van der Waals surface area contributed by atoms with Gasteiger partial charge in [0.05, 0.1) is 5.56 Å². The standard InChI is InChI=1S/C16H10F4O/c17-15-5-3-11(4-6-15)1-2-12-7-13(10-21)9-14(8-12)16(18,19)20/h1-10H/b2-1+. The maximum Gasteiger partial charge on any atom is 0.416 e. The van der Waals surface area contributed by atoms with Gasteiger partial charge in [0.2, 0.25) is 0 Å². The summed E-state index contributed by atoms with van der Waals surface area (Å²) >= 11 is 0. The molecule has 0 aliphatic carbocycles. The lowest BCUT2D eigenvalue weighted by atomic mass is 10.0. The number of halogens is 4. The van der Waals surface area contributed by atoms with Crippen LogP contribution in [0.1, 0.15) is 27.0 Å². The predicted molar refractivity (Wildman–Crippen MR) is 72.2 cm³/mol. The Kier molecular flexibility index (Phi) is 4.21. The molecule has 0 amide bonds. The molecule has 0 unspecified atom stereocenters. The van der Waals surface area contributed by atoms with Crippen LogP contribution in [0.25, 0.3) is 12.2 Å². The first-order chi connectivity index (χ1) is 9.88. The highest BCUT2D eigenvalue weighted by Crippen LogP contribution is 2.30. The first-order valence-electron chi connectivity index (χ1n) is 5.99. The van der Waals surface area contributed by atoms with Gasteiger partial charge in [0.1, 0.15) is 12.1 Å². The molecule has 2 aromatic carbocycles. The molecular weight excluding hydrogens is 284 g/mol. The van der Waals surface area contributed by atoms with Gasteiger partial charge in [-0.1, -0.05) is 24.3 Å². The molecule has 0 N–H and O–H groups in total. The van der Waals surface area contributed by atoms with Crippen LogP contribution in [0.3, 0.4) is 0 Å². The highest BCUT2D eigenvalue weighted by molar-refractivity contribution is 5.79. The van der Waals surface area contributed by atoms with Crippen molar-refractivity contribution >= 4 is 18.4 Å². The Balaban J connectivity index is 2.35. The van der Waals surface area contributed by atoms with Gasteiger partial charge in [0.25, 0.3) is 0 Å². The molecule has 0 aromatic heterocycles. The molecule has 2 aromatic rings. The van der Waals surface area contributed by atoms with E-state index in [1.165, 1.54) is 36.4 Å². The highest BCUT2D eigenvalue weighted by atomic mass is 19.4. The fourth-order valence-electron chi connectivity index (χ4n) is 1.77. The third-order valence-electron chi connectivity index (χ3n) is 2.78. The Hall–Kier alpha value is -2.43. The van der Waals surface area contributed by atoms with Crippen LogP contribution in [0, 0.1) is 5.82 Å². The minimum absolute atomic E-state index is 0.0522. The molecule has 1 nitrogen and oxygen atoms in total. The zero-order chi connectivity index (χ0) is 15.5. The van der Waals surface area contributed by atoms with Crippen molar-refractivity contribution in [1.82, 2.24) is 0 Å². The van der Waals surface area contributed by atoms with Crippen molar-refractivity contribution in [2.24, 2.45) is 0 Å². The van der Waals surface area contributed by atoms with Crippen molar-refractivity contribution in [1.29, 1.82) is 0 Å². The van der Waals surface area contributed by atoms with Crippen LogP contribution in [0.5, 0.6) is 0 Å². The lowest BCUT2D eigenvalue weighted by molar-refractivity contribution is -0.137. The molecule has 0 spiro atoms. The minimum atomic E-state index is -4.52. The van der Waals surface area contributed by atoms with Gasteiger partial charge in [0, 0.05) is 5.56 Å². The summed E-state index contributed by atoms with van der Waals surface area (Å²) in [6.45, 7) is 0. The van der Waals surface area contributed by atoms with E-state index in [4.69, 9.17) is 0 Å². The smallest absolute Gasteiger partial charge is 0.298 e. The molecule has 0 radical (unpaired) electrons. The van der Waals surface area contributed by atoms with E-state index in [9.17, 15) is 22.4 Å². The molecule has 0 atom stereocenters. The summed E-state index contributed by atoms with van der Waals surface area (Å²) in [5.74, 6) is -0.394. The molecule has 0 aliphatic rings. The minimum Gasteiger partial charge on any atom is -0.298 e. The van der Waals surface area contributed by atoms with E-state index in [0.717, 1.165) is 12.1 Å². The molecule has 108 valence electrons. The Morgan fingerprint density at radius 1 is 0.810 bits per heavy atom. The van der Waals surface area contributed by atoms with Gasteiger partial charge in [-0.3, -0.25) is 4.79 Å². The summed E-state index contributed by atoms with van der Waals surface area (Å²) in [6, 6.07) is 8.60. The molecule has 0 fully saturated rings. The number of hydrogen-bond donors (Lipinski definition) is 0. The van der Waals surface area contributed by atoms with Crippen molar-refractivity contribution in [3.8, 4) is 0 Å². The van der Waals surface area contributed by atoms with Gasteiger partial charge in [-0.2, -0.15) is 13.2 Å². The number of alkyl halides is 3. The number of rotatable bonds is 3. The SMILES string of the molecule is O=Cc1cc(/C=C/c2ccc(F)cc2)cc(C(F)(F)F)c1. The van der Waals surface area contributed by atoms with Crippen LogP contribution in [-0.4, -0.2) is 6.29 Å². The van der Waals surface area contributed by atoms with Gasteiger partial charge >= 0.3 is 6.18 Å². The molecule has 0 saturated carbocycles. The van der Waals surface area contributed by atoms with Crippen molar-refractivity contribution in [2.75, 3.05) is 0 Å². The number of hydrogen-bond acceptors (Lipinski definition) is 1.